The number of esters is 2. The van der Waals surface area contributed by atoms with Gasteiger partial charge in [-0.1, -0.05) is 38.5 Å². The number of carbonyl (C=O) groups is 2. The molecule has 2 fully saturated rings. The van der Waals surface area contributed by atoms with E-state index in [2.05, 4.69) is 0 Å². The van der Waals surface area contributed by atoms with E-state index in [1.165, 1.54) is 14.2 Å². The van der Waals surface area contributed by atoms with Gasteiger partial charge in [-0.25, -0.2) is 0 Å². The van der Waals surface area contributed by atoms with Crippen LogP contribution in [0, 0.1) is 10.8 Å². The van der Waals surface area contributed by atoms with Gasteiger partial charge in [0, 0.05) is 0 Å². The molecule has 0 radical (unpaired) electrons. The Bertz CT molecular complexity index is 449. The fourth-order valence-electron chi connectivity index (χ4n) is 4.40. The van der Waals surface area contributed by atoms with Crippen LogP contribution in [0.4, 0.5) is 0 Å². The lowest BCUT2D eigenvalue weighted by Gasteiger charge is -2.15. The number of hydrogen-bond donors (Lipinski definition) is 1. The quantitative estimate of drug-likeness (QED) is 0.296. The molecule has 1 N–H and O–H groups in total. The Morgan fingerprint density at radius 2 is 1.14 bits per heavy atom. The Hall–Kier alpha value is -1.10. The Morgan fingerprint density at radius 1 is 0.750 bits per heavy atom. The minimum absolute atomic E-state index is 0.0779. The lowest BCUT2D eigenvalue weighted by Crippen LogP contribution is -2.11. The number of ether oxygens (including phenoxy) is 2. The number of hydrogen-bond acceptors (Lipinski definition) is 5. The normalized spacial score (nSPS) is 18.7. The molecule has 2 aliphatic carbocycles. The van der Waals surface area contributed by atoms with Gasteiger partial charge in [-0.15, -0.1) is 0 Å². The standard InChI is InChI=1S/C23H40O5/c1-27-20(25)17-22(13-14-22)11-7-3-5-9-19(24)10-6-4-8-12-23(15-16-23)18-21(26)28-2/h19,24H,3-18H2,1-2H3. The minimum Gasteiger partial charge on any atom is -0.469 e. The van der Waals surface area contributed by atoms with Crippen LogP contribution in [0.2, 0.25) is 0 Å². The summed E-state index contributed by atoms with van der Waals surface area (Å²) in [5.41, 5.74) is 0.469. The van der Waals surface area contributed by atoms with Gasteiger partial charge in [-0.2, -0.15) is 0 Å². The summed E-state index contributed by atoms with van der Waals surface area (Å²) in [5, 5.41) is 10.2. The van der Waals surface area contributed by atoms with Crippen LogP contribution in [-0.4, -0.2) is 37.4 Å². The molecular formula is C23H40O5. The summed E-state index contributed by atoms with van der Waals surface area (Å²) in [6.07, 6.45) is 16.3. The van der Waals surface area contributed by atoms with E-state index >= 15 is 0 Å². The van der Waals surface area contributed by atoms with Gasteiger partial charge in [-0.05, 0) is 62.2 Å². The van der Waals surface area contributed by atoms with Crippen molar-refractivity contribution in [1.29, 1.82) is 0 Å². The van der Waals surface area contributed by atoms with Crippen molar-refractivity contribution in [1.82, 2.24) is 0 Å². The highest BCUT2D eigenvalue weighted by molar-refractivity contribution is 5.71. The molecular weight excluding hydrogens is 356 g/mol. The van der Waals surface area contributed by atoms with Gasteiger partial charge in [0.15, 0.2) is 0 Å². The number of aliphatic hydroxyl groups is 1. The predicted octanol–water partition coefficient (Wildman–Crippen LogP) is 4.93. The maximum atomic E-state index is 11.4. The summed E-state index contributed by atoms with van der Waals surface area (Å²) in [6, 6.07) is 0. The highest BCUT2D eigenvalue weighted by atomic mass is 16.5. The predicted molar refractivity (Wildman–Crippen MR) is 109 cm³/mol. The number of carbonyl (C=O) groups excluding carboxylic acids is 2. The van der Waals surface area contributed by atoms with Gasteiger partial charge in [-0.3, -0.25) is 9.59 Å². The first-order valence-corrected chi connectivity index (χ1v) is 11.2. The average molecular weight is 397 g/mol. The highest BCUT2D eigenvalue weighted by Gasteiger charge is 2.44. The summed E-state index contributed by atoms with van der Waals surface area (Å²) < 4.78 is 9.58. The van der Waals surface area contributed by atoms with Crippen LogP contribution < -0.4 is 0 Å². The molecule has 162 valence electrons. The maximum Gasteiger partial charge on any atom is 0.306 e. The maximum absolute atomic E-state index is 11.4. The molecule has 0 bridgehead atoms. The zero-order valence-electron chi connectivity index (χ0n) is 18.0. The molecule has 28 heavy (non-hydrogen) atoms. The van der Waals surface area contributed by atoms with Crippen LogP contribution in [0.1, 0.15) is 103 Å². The number of rotatable bonds is 16. The number of methoxy groups -OCH3 is 2. The fourth-order valence-corrected chi connectivity index (χ4v) is 4.40. The first-order chi connectivity index (χ1) is 13.4. The molecule has 0 spiro atoms. The Kier molecular flexibility index (Phi) is 9.26. The second-order valence-corrected chi connectivity index (χ2v) is 9.36. The summed E-state index contributed by atoms with van der Waals surface area (Å²) in [4.78, 5) is 22.9. The van der Waals surface area contributed by atoms with Crippen LogP contribution in [-0.2, 0) is 19.1 Å². The molecule has 0 saturated heterocycles. The monoisotopic (exact) mass is 396 g/mol. The van der Waals surface area contributed by atoms with E-state index in [-0.39, 0.29) is 28.9 Å². The third kappa shape index (κ3) is 8.50. The van der Waals surface area contributed by atoms with Crippen LogP contribution in [0.25, 0.3) is 0 Å². The van der Waals surface area contributed by atoms with Crippen LogP contribution in [0.3, 0.4) is 0 Å². The summed E-state index contributed by atoms with van der Waals surface area (Å²) in [6.45, 7) is 0. The summed E-state index contributed by atoms with van der Waals surface area (Å²) >= 11 is 0. The van der Waals surface area contributed by atoms with Crippen LogP contribution >= 0.6 is 0 Å². The molecule has 0 aromatic heterocycles. The topological polar surface area (TPSA) is 72.8 Å². The van der Waals surface area contributed by atoms with Crippen molar-refractivity contribution >= 4 is 11.9 Å². The van der Waals surface area contributed by atoms with Crippen LogP contribution in [0.15, 0.2) is 0 Å². The molecule has 5 heteroatoms. The Balaban J connectivity index is 1.42. The second kappa shape index (κ2) is 11.2. The number of aliphatic hydroxyl groups excluding tert-OH is 1. The van der Waals surface area contributed by atoms with Gasteiger partial charge in [0.05, 0.1) is 33.2 Å². The lowest BCUT2D eigenvalue weighted by molar-refractivity contribution is -0.143. The zero-order chi connectivity index (χ0) is 20.5. The molecule has 0 atom stereocenters. The molecule has 0 heterocycles. The fraction of sp³-hybridized carbons (Fsp3) is 0.913. The zero-order valence-corrected chi connectivity index (χ0v) is 18.0. The Labute approximate surface area is 170 Å². The van der Waals surface area contributed by atoms with Crippen molar-refractivity contribution in [2.24, 2.45) is 10.8 Å². The van der Waals surface area contributed by atoms with E-state index in [0.29, 0.717) is 12.8 Å². The second-order valence-electron chi connectivity index (χ2n) is 9.36. The molecule has 0 unspecified atom stereocenters. The molecule has 0 aromatic carbocycles. The molecule has 0 amide bonds. The smallest absolute Gasteiger partial charge is 0.306 e. The lowest BCUT2D eigenvalue weighted by atomic mass is 9.93. The van der Waals surface area contributed by atoms with Crippen molar-refractivity contribution in [3.05, 3.63) is 0 Å². The molecule has 0 aromatic rings. The summed E-state index contributed by atoms with van der Waals surface area (Å²) in [5.74, 6) is -0.156. The van der Waals surface area contributed by atoms with E-state index in [4.69, 9.17) is 9.47 Å². The van der Waals surface area contributed by atoms with E-state index in [1.54, 1.807) is 0 Å². The molecule has 2 rings (SSSR count). The largest absolute Gasteiger partial charge is 0.469 e. The first-order valence-electron chi connectivity index (χ1n) is 11.2. The Morgan fingerprint density at radius 3 is 1.46 bits per heavy atom. The van der Waals surface area contributed by atoms with Gasteiger partial charge >= 0.3 is 11.9 Å². The highest BCUT2D eigenvalue weighted by Crippen LogP contribution is 2.53. The third-order valence-corrected chi connectivity index (χ3v) is 6.90. The van der Waals surface area contributed by atoms with Gasteiger partial charge < -0.3 is 14.6 Å². The van der Waals surface area contributed by atoms with Crippen molar-refractivity contribution < 1.29 is 24.2 Å². The third-order valence-electron chi connectivity index (χ3n) is 6.90. The molecule has 5 nitrogen and oxygen atoms in total. The van der Waals surface area contributed by atoms with Crippen molar-refractivity contribution in [2.45, 2.75) is 109 Å². The molecule has 2 aliphatic rings. The first kappa shape index (κ1) is 23.2. The van der Waals surface area contributed by atoms with Crippen molar-refractivity contribution in [2.75, 3.05) is 14.2 Å². The van der Waals surface area contributed by atoms with Crippen LogP contribution in [0.5, 0.6) is 0 Å². The van der Waals surface area contributed by atoms with Gasteiger partial charge in [0.2, 0.25) is 0 Å². The van der Waals surface area contributed by atoms with E-state index < -0.39 is 0 Å². The van der Waals surface area contributed by atoms with Crippen molar-refractivity contribution in [3.8, 4) is 0 Å². The van der Waals surface area contributed by atoms with Gasteiger partial charge in [0.25, 0.3) is 0 Å². The molecule has 0 aliphatic heterocycles. The number of unbranched alkanes of at least 4 members (excludes halogenated alkanes) is 4. The average Bonchev–Trinajstić information content (AvgIpc) is 3.60. The summed E-state index contributed by atoms with van der Waals surface area (Å²) in [7, 11) is 2.93. The van der Waals surface area contributed by atoms with Crippen molar-refractivity contribution in [3.63, 3.8) is 0 Å². The van der Waals surface area contributed by atoms with E-state index in [1.807, 2.05) is 0 Å². The molecule has 2 saturated carbocycles. The van der Waals surface area contributed by atoms with E-state index in [0.717, 1.165) is 89.9 Å². The van der Waals surface area contributed by atoms with E-state index in [9.17, 15) is 14.7 Å². The SMILES string of the molecule is COC(=O)CC1(CCCCCC(O)CCCCCC2(CC(=O)OC)CC2)CC1. The minimum atomic E-state index is -0.185. The van der Waals surface area contributed by atoms with Gasteiger partial charge in [0.1, 0.15) is 0 Å².